The molecular formula is C20H22F3N3O4. The van der Waals surface area contributed by atoms with Gasteiger partial charge in [0.25, 0.3) is 11.8 Å². The number of nitrogens with zero attached hydrogens (tertiary/aromatic N) is 1. The first kappa shape index (κ1) is 23.1. The maximum Gasteiger partial charge on any atom is 0.573 e. The van der Waals surface area contributed by atoms with Crippen LogP contribution in [0.3, 0.4) is 0 Å². The highest BCUT2D eigenvalue weighted by Gasteiger charge is 2.31. The molecule has 1 heterocycles. The molecule has 0 aliphatic rings. The lowest BCUT2D eigenvalue weighted by atomic mass is 10.1. The van der Waals surface area contributed by atoms with Gasteiger partial charge in [0.1, 0.15) is 17.2 Å². The Morgan fingerprint density at radius 3 is 2.37 bits per heavy atom. The number of anilines is 1. The Labute approximate surface area is 171 Å². The van der Waals surface area contributed by atoms with Crippen molar-refractivity contribution in [3.63, 3.8) is 0 Å². The first-order valence-corrected chi connectivity index (χ1v) is 8.90. The number of aryl methyl sites for hydroxylation is 2. The quantitative estimate of drug-likeness (QED) is 0.660. The lowest BCUT2D eigenvalue weighted by Crippen LogP contribution is -2.37. The fraction of sp³-hybridized carbons (Fsp3) is 0.350. The van der Waals surface area contributed by atoms with Crippen molar-refractivity contribution >= 4 is 17.6 Å². The molecule has 1 aromatic carbocycles. The van der Waals surface area contributed by atoms with Crippen molar-refractivity contribution in [2.75, 3.05) is 5.32 Å². The number of aromatic nitrogens is 1. The van der Waals surface area contributed by atoms with Crippen LogP contribution in [0.2, 0.25) is 0 Å². The second kappa shape index (κ2) is 8.70. The number of carbonyl (C=O) groups excluding carboxylic acids is 2. The molecule has 0 aliphatic carbocycles. The van der Waals surface area contributed by atoms with Crippen LogP contribution in [0.5, 0.6) is 5.75 Å². The fourth-order valence-corrected chi connectivity index (χ4v) is 2.48. The molecule has 10 heteroatoms. The van der Waals surface area contributed by atoms with Crippen molar-refractivity contribution in [3.05, 3.63) is 52.7 Å². The number of amides is 2. The maximum atomic E-state index is 12.5. The third-order valence-electron chi connectivity index (χ3n) is 3.93. The van der Waals surface area contributed by atoms with E-state index in [1.54, 1.807) is 6.92 Å². The van der Waals surface area contributed by atoms with Crippen molar-refractivity contribution in [1.82, 2.24) is 10.3 Å². The summed E-state index contributed by atoms with van der Waals surface area (Å²) in [6.45, 7) is 5.81. The third-order valence-corrected chi connectivity index (χ3v) is 3.93. The standard InChI is InChI=1S/C20H22F3N3O4/c1-11-7-13(5-6-15(11)30-20(21,22)23)10-24-17(27)14-8-12(2)25-16(9-14)26-18(28)19(3,4)29/h5-9,29H,10H2,1-4H3,(H,24,27)(H,25,26,28). The molecule has 0 saturated heterocycles. The first-order valence-electron chi connectivity index (χ1n) is 8.90. The molecule has 2 amide bonds. The van der Waals surface area contributed by atoms with Crippen molar-refractivity contribution in [2.45, 2.75) is 46.2 Å². The van der Waals surface area contributed by atoms with Crippen LogP contribution in [-0.2, 0) is 11.3 Å². The van der Waals surface area contributed by atoms with Gasteiger partial charge in [0.15, 0.2) is 0 Å². The second-order valence-electron chi connectivity index (χ2n) is 7.23. The van der Waals surface area contributed by atoms with E-state index in [-0.39, 0.29) is 29.2 Å². The number of aliphatic hydroxyl groups is 1. The van der Waals surface area contributed by atoms with E-state index >= 15 is 0 Å². The van der Waals surface area contributed by atoms with Crippen molar-refractivity contribution in [3.8, 4) is 5.75 Å². The minimum atomic E-state index is -4.78. The molecule has 0 bridgehead atoms. The van der Waals surface area contributed by atoms with Crippen molar-refractivity contribution in [1.29, 1.82) is 0 Å². The van der Waals surface area contributed by atoms with E-state index in [4.69, 9.17) is 0 Å². The van der Waals surface area contributed by atoms with Crippen LogP contribution in [0.25, 0.3) is 0 Å². The number of alkyl halides is 3. The minimum absolute atomic E-state index is 0.0682. The summed E-state index contributed by atoms with van der Waals surface area (Å²) in [7, 11) is 0. The van der Waals surface area contributed by atoms with E-state index in [1.807, 2.05) is 0 Å². The van der Waals surface area contributed by atoms with Gasteiger partial charge in [0.2, 0.25) is 0 Å². The summed E-state index contributed by atoms with van der Waals surface area (Å²) in [6.07, 6.45) is -4.78. The van der Waals surface area contributed by atoms with Gasteiger partial charge in [-0.1, -0.05) is 12.1 Å². The molecule has 1 aromatic heterocycles. The van der Waals surface area contributed by atoms with E-state index in [0.717, 1.165) is 0 Å². The fourth-order valence-electron chi connectivity index (χ4n) is 2.48. The average Bonchev–Trinajstić information content (AvgIpc) is 2.59. The minimum Gasteiger partial charge on any atom is -0.406 e. The van der Waals surface area contributed by atoms with E-state index in [2.05, 4.69) is 20.4 Å². The monoisotopic (exact) mass is 425 g/mol. The van der Waals surface area contributed by atoms with E-state index in [0.29, 0.717) is 11.3 Å². The highest BCUT2D eigenvalue weighted by molar-refractivity contribution is 5.98. The number of carbonyl (C=O) groups is 2. The molecule has 0 fully saturated rings. The molecule has 0 spiro atoms. The van der Waals surface area contributed by atoms with Crippen LogP contribution in [0.15, 0.2) is 30.3 Å². The summed E-state index contributed by atoms with van der Waals surface area (Å²) in [6, 6.07) is 6.96. The highest BCUT2D eigenvalue weighted by atomic mass is 19.4. The third kappa shape index (κ3) is 6.73. The number of ether oxygens (including phenoxy) is 1. The highest BCUT2D eigenvalue weighted by Crippen LogP contribution is 2.26. The van der Waals surface area contributed by atoms with Gasteiger partial charge in [-0.2, -0.15) is 0 Å². The zero-order valence-electron chi connectivity index (χ0n) is 16.8. The number of pyridine rings is 1. The predicted molar refractivity (Wildman–Crippen MR) is 103 cm³/mol. The van der Waals surface area contributed by atoms with Crippen LogP contribution in [-0.4, -0.2) is 33.9 Å². The summed E-state index contributed by atoms with van der Waals surface area (Å²) in [5, 5.41) is 14.8. The first-order chi connectivity index (χ1) is 13.7. The smallest absolute Gasteiger partial charge is 0.406 e. The van der Waals surface area contributed by atoms with E-state index in [1.165, 1.54) is 51.1 Å². The number of nitrogens with one attached hydrogen (secondary N) is 2. The van der Waals surface area contributed by atoms with Gasteiger partial charge in [-0.3, -0.25) is 9.59 Å². The van der Waals surface area contributed by atoms with E-state index < -0.39 is 23.8 Å². The Morgan fingerprint density at radius 1 is 1.13 bits per heavy atom. The van der Waals surface area contributed by atoms with Gasteiger partial charge in [0.05, 0.1) is 0 Å². The zero-order valence-corrected chi connectivity index (χ0v) is 16.8. The Kier molecular flexibility index (Phi) is 6.71. The van der Waals surface area contributed by atoms with Crippen LogP contribution in [0.1, 0.15) is 41.0 Å². The lowest BCUT2D eigenvalue weighted by Gasteiger charge is -2.17. The SMILES string of the molecule is Cc1cc(C(=O)NCc2ccc(OC(F)(F)F)c(C)c2)cc(NC(=O)C(C)(C)O)n1. The summed E-state index contributed by atoms with van der Waals surface area (Å²) in [4.78, 5) is 28.5. The molecule has 0 atom stereocenters. The molecule has 2 aromatic rings. The van der Waals surface area contributed by atoms with Gasteiger partial charge in [-0.05, 0) is 57.0 Å². The molecule has 2 rings (SSSR count). The summed E-state index contributed by atoms with van der Waals surface area (Å²) in [5.74, 6) is -1.34. The Bertz CT molecular complexity index is 953. The zero-order chi connectivity index (χ0) is 22.7. The van der Waals surface area contributed by atoms with Crippen molar-refractivity contribution in [2.24, 2.45) is 0 Å². The number of halogens is 3. The molecular weight excluding hydrogens is 403 g/mol. The van der Waals surface area contributed by atoms with E-state index in [9.17, 15) is 27.9 Å². The van der Waals surface area contributed by atoms with Gasteiger partial charge in [-0.15, -0.1) is 13.2 Å². The molecule has 0 saturated carbocycles. The van der Waals surface area contributed by atoms with Gasteiger partial charge in [-0.25, -0.2) is 4.98 Å². The molecule has 0 unspecified atom stereocenters. The summed E-state index contributed by atoms with van der Waals surface area (Å²) >= 11 is 0. The topological polar surface area (TPSA) is 101 Å². The van der Waals surface area contributed by atoms with Crippen LogP contribution >= 0.6 is 0 Å². The Morgan fingerprint density at radius 2 is 1.80 bits per heavy atom. The Balaban J connectivity index is 2.08. The van der Waals surface area contributed by atoms with Gasteiger partial charge in [0, 0.05) is 17.8 Å². The maximum absolute atomic E-state index is 12.5. The number of rotatable bonds is 6. The normalized spacial score (nSPS) is 11.7. The number of hydrogen-bond donors (Lipinski definition) is 3. The van der Waals surface area contributed by atoms with Crippen LogP contribution in [0, 0.1) is 13.8 Å². The lowest BCUT2D eigenvalue weighted by molar-refractivity contribution is -0.274. The molecule has 0 aliphatic heterocycles. The average molecular weight is 425 g/mol. The Hall–Kier alpha value is -3.14. The van der Waals surface area contributed by atoms with Crippen molar-refractivity contribution < 1.29 is 32.6 Å². The molecule has 162 valence electrons. The summed E-state index contributed by atoms with van der Waals surface area (Å²) < 4.78 is 41.0. The summed E-state index contributed by atoms with van der Waals surface area (Å²) in [5.41, 5.74) is -0.0686. The molecule has 0 radical (unpaired) electrons. The predicted octanol–water partition coefficient (Wildman–Crippen LogP) is 3.24. The van der Waals surface area contributed by atoms with Gasteiger partial charge >= 0.3 is 6.36 Å². The molecule has 30 heavy (non-hydrogen) atoms. The van der Waals surface area contributed by atoms with Crippen LogP contribution in [0.4, 0.5) is 19.0 Å². The van der Waals surface area contributed by atoms with Gasteiger partial charge < -0.3 is 20.5 Å². The second-order valence-corrected chi connectivity index (χ2v) is 7.23. The number of hydrogen-bond acceptors (Lipinski definition) is 5. The molecule has 3 N–H and O–H groups in total. The van der Waals surface area contributed by atoms with Crippen LogP contribution < -0.4 is 15.4 Å². The number of benzene rings is 1. The largest absolute Gasteiger partial charge is 0.573 e. The molecule has 7 nitrogen and oxygen atoms in total.